The van der Waals surface area contributed by atoms with Crippen molar-refractivity contribution in [2.75, 3.05) is 26.7 Å². The van der Waals surface area contributed by atoms with Crippen molar-refractivity contribution in [3.63, 3.8) is 0 Å². The molecule has 1 aromatic carbocycles. The second-order valence-corrected chi connectivity index (χ2v) is 10.7. The monoisotopic (exact) mass is 492 g/mol. The van der Waals surface area contributed by atoms with Crippen molar-refractivity contribution in [3.05, 3.63) is 60.1 Å². The number of amides is 1. The first kappa shape index (κ1) is 24.6. The second kappa shape index (κ2) is 10.1. The summed E-state index contributed by atoms with van der Waals surface area (Å²) in [5, 5.41) is 3.22. The Labute approximate surface area is 212 Å². The molecule has 3 fully saturated rings. The molecule has 2 heterocycles. The average molecular weight is 493 g/mol. The number of ether oxygens (including phenoxy) is 2. The Morgan fingerprint density at radius 2 is 2.08 bits per heavy atom. The number of fused-ring (bicyclic) bond motifs is 1. The number of rotatable bonds is 8. The molecule has 1 aromatic heterocycles. The van der Waals surface area contributed by atoms with Crippen LogP contribution >= 0.6 is 0 Å². The highest BCUT2D eigenvalue weighted by Crippen LogP contribution is 2.54. The Morgan fingerprint density at radius 1 is 1.22 bits per heavy atom. The molecule has 192 valence electrons. The van der Waals surface area contributed by atoms with E-state index in [-0.39, 0.29) is 17.9 Å². The van der Waals surface area contributed by atoms with Gasteiger partial charge in [0.25, 0.3) is 0 Å². The van der Waals surface area contributed by atoms with Gasteiger partial charge in [-0.25, -0.2) is 0 Å². The number of carbonyl (C=O) groups excluding carboxylic acids is 2. The van der Waals surface area contributed by atoms with Crippen LogP contribution in [0.2, 0.25) is 0 Å². The molecule has 1 saturated heterocycles. The molecule has 2 aromatic rings. The van der Waals surface area contributed by atoms with E-state index >= 15 is 0 Å². The van der Waals surface area contributed by atoms with Crippen molar-refractivity contribution in [1.29, 1.82) is 0 Å². The van der Waals surface area contributed by atoms with Gasteiger partial charge in [0.15, 0.2) is 0 Å². The lowest BCUT2D eigenvalue weighted by Gasteiger charge is -2.59. The van der Waals surface area contributed by atoms with Gasteiger partial charge < -0.3 is 19.2 Å². The number of hydrogen-bond acceptors (Lipinski definition) is 6. The lowest BCUT2D eigenvalue weighted by atomic mass is 9.55. The van der Waals surface area contributed by atoms with Crippen LogP contribution in [0.3, 0.4) is 0 Å². The largest absolute Gasteiger partial charge is 0.497 e. The highest BCUT2D eigenvalue weighted by Gasteiger charge is 2.61. The molecule has 5 rings (SSSR count). The number of benzene rings is 1. The summed E-state index contributed by atoms with van der Waals surface area (Å²) in [6.07, 6.45) is 12.1. The summed E-state index contributed by atoms with van der Waals surface area (Å²) in [4.78, 5) is 27.8. The van der Waals surface area contributed by atoms with Gasteiger partial charge in [0, 0.05) is 43.1 Å². The van der Waals surface area contributed by atoms with Crippen LogP contribution in [0.5, 0.6) is 5.75 Å². The van der Waals surface area contributed by atoms with Gasteiger partial charge in [0.2, 0.25) is 5.91 Å². The average Bonchev–Trinajstić information content (AvgIpc) is 3.52. The maximum absolute atomic E-state index is 12.8. The predicted octanol–water partition coefficient (Wildman–Crippen LogP) is 4.33. The summed E-state index contributed by atoms with van der Waals surface area (Å²) in [5.74, 6) is 1.17. The van der Waals surface area contributed by atoms with Crippen molar-refractivity contribution >= 4 is 18.0 Å². The first-order valence-electron chi connectivity index (χ1n) is 13.0. The van der Waals surface area contributed by atoms with Crippen molar-refractivity contribution in [2.45, 2.75) is 62.5 Å². The Bertz CT molecular complexity index is 1110. The van der Waals surface area contributed by atoms with Gasteiger partial charge >= 0.3 is 5.97 Å². The number of carbonyl (C=O) groups is 2. The molecule has 0 bridgehead atoms. The Kier molecular flexibility index (Phi) is 6.93. The minimum absolute atomic E-state index is 0.0311. The van der Waals surface area contributed by atoms with Gasteiger partial charge in [-0.05, 0) is 80.8 Å². The van der Waals surface area contributed by atoms with Crippen LogP contribution in [0.25, 0.3) is 6.08 Å². The van der Waals surface area contributed by atoms with E-state index in [2.05, 4.69) is 22.3 Å². The zero-order valence-electron chi connectivity index (χ0n) is 21.2. The van der Waals surface area contributed by atoms with Crippen molar-refractivity contribution < 1.29 is 23.5 Å². The van der Waals surface area contributed by atoms with Crippen molar-refractivity contribution in [3.8, 4) is 5.75 Å². The van der Waals surface area contributed by atoms with Crippen LogP contribution in [0.15, 0.2) is 53.4 Å². The molecule has 0 spiro atoms. The molecule has 0 radical (unpaired) electrons. The first-order chi connectivity index (χ1) is 17.4. The minimum atomic E-state index is -0.647. The summed E-state index contributed by atoms with van der Waals surface area (Å²) < 4.78 is 17.0. The standard InChI is InChI=1S/C29H36N2O5/c1-21(32)36-29-12-10-25(30-27(33)9-8-23-11-15-35-19-23)17-28(29,24-4-3-5-26(16-24)34-2)13-14-31(20-29)18-22-6-7-22/h3-5,8-9,11,15-16,19,22,25H,6-7,10,12-14,17-18,20H2,1-2H3,(H,30,33)/b9-8+/t25-,28-,29-/m0/s1. The van der Waals surface area contributed by atoms with Crippen molar-refractivity contribution in [2.24, 2.45) is 5.92 Å². The van der Waals surface area contributed by atoms with Crippen molar-refractivity contribution in [1.82, 2.24) is 10.2 Å². The summed E-state index contributed by atoms with van der Waals surface area (Å²) in [6.45, 7) is 4.24. The summed E-state index contributed by atoms with van der Waals surface area (Å²) >= 11 is 0. The topological polar surface area (TPSA) is 81.0 Å². The Morgan fingerprint density at radius 3 is 2.81 bits per heavy atom. The number of piperidine rings is 1. The lowest BCUT2D eigenvalue weighted by molar-refractivity contribution is -0.187. The molecule has 3 atom stereocenters. The summed E-state index contributed by atoms with van der Waals surface area (Å²) in [7, 11) is 1.67. The fourth-order valence-corrected chi connectivity index (χ4v) is 6.34. The molecule has 7 nitrogen and oxygen atoms in total. The van der Waals surface area contributed by atoms with Crippen LogP contribution in [0.1, 0.15) is 56.6 Å². The van der Waals surface area contributed by atoms with Crippen LogP contribution < -0.4 is 10.1 Å². The van der Waals surface area contributed by atoms with E-state index in [1.807, 2.05) is 18.2 Å². The lowest BCUT2D eigenvalue weighted by Crippen LogP contribution is -2.68. The summed E-state index contributed by atoms with van der Waals surface area (Å²) in [5.41, 5.74) is 0.893. The number of furan rings is 1. The molecule has 7 heteroatoms. The molecular formula is C29H36N2O5. The van der Waals surface area contributed by atoms with E-state index in [0.717, 1.165) is 55.3 Å². The fourth-order valence-electron chi connectivity index (χ4n) is 6.34. The Balaban J connectivity index is 1.45. The molecule has 0 unspecified atom stereocenters. The molecule has 2 saturated carbocycles. The number of esters is 1. The van der Waals surface area contributed by atoms with E-state index in [1.165, 1.54) is 19.8 Å². The van der Waals surface area contributed by atoms with Crippen LogP contribution in [0, 0.1) is 5.92 Å². The number of nitrogens with one attached hydrogen (secondary N) is 1. The van der Waals surface area contributed by atoms with Gasteiger partial charge in [-0.15, -0.1) is 0 Å². The Hall–Kier alpha value is -3.06. The molecule has 1 aliphatic heterocycles. The van der Waals surface area contributed by atoms with Gasteiger partial charge in [-0.1, -0.05) is 12.1 Å². The maximum atomic E-state index is 12.8. The maximum Gasteiger partial charge on any atom is 0.303 e. The van der Waals surface area contributed by atoms with E-state index < -0.39 is 11.0 Å². The quantitative estimate of drug-likeness (QED) is 0.437. The number of methoxy groups -OCH3 is 1. The number of likely N-dealkylation sites (tertiary alicyclic amines) is 1. The van der Waals surface area contributed by atoms with Gasteiger partial charge in [-0.2, -0.15) is 0 Å². The fraction of sp³-hybridized carbons (Fsp3) is 0.517. The van der Waals surface area contributed by atoms with Gasteiger partial charge in [0.05, 0.1) is 19.6 Å². The number of nitrogens with zero attached hydrogens (tertiary/aromatic N) is 1. The minimum Gasteiger partial charge on any atom is -0.497 e. The zero-order chi connectivity index (χ0) is 25.2. The van der Waals surface area contributed by atoms with Crippen LogP contribution in [0.4, 0.5) is 0 Å². The van der Waals surface area contributed by atoms with Crippen LogP contribution in [-0.2, 0) is 19.7 Å². The normalized spacial score (nSPS) is 28.4. The zero-order valence-corrected chi connectivity index (χ0v) is 21.2. The predicted molar refractivity (Wildman–Crippen MR) is 136 cm³/mol. The van der Waals surface area contributed by atoms with Crippen LogP contribution in [-0.4, -0.2) is 55.2 Å². The third-order valence-electron chi connectivity index (χ3n) is 8.19. The highest BCUT2D eigenvalue weighted by atomic mass is 16.6. The molecule has 1 N–H and O–H groups in total. The van der Waals surface area contributed by atoms with Gasteiger partial charge in [-0.3, -0.25) is 14.5 Å². The molecule has 1 amide bonds. The first-order valence-corrected chi connectivity index (χ1v) is 13.0. The van der Waals surface area contributed by atoms with E-state index in [9.17, 15) is 9.59 Å². The smallest absolute Gasteiger partial charge is 0.303 e. The van der Waals surface area contributed by atoms with Gasteiger partial charge in [0.1, 0.15) is 11.4 Å². The second-order valence-electron chi connectivity index (χ2n) is 10.7. The van der Waals surface area contributed by atoms with E-state index in [0.29, 0.717) is 12.8 Å². The van der Waals surface area contributed by atoms with E-state index in [1.54, 1.807) is 31.8 Å². The highest BCUT2D eigenvalue weighted by molar-refractivity contribution is 5.91. The molecule has 2 aliphatic carbocycles. The third kappa shape index (κ3) is 5.07. The summed E-state index contributed by atoms with van der Waals surface area (Å²) in [6, 6.07) is 9.94. The SMILES string of the molecule is COc1cccc([C@@]23CCN(CC4CC4)C[C@@]2(OC(C)=O)CC[C@H](NC(=O)/C=C/c2ccoc2)C3)c1. The van der Waals surface area contributed by atoms with E-state index in [4.69, 9.17) is 13.9 Å². The number of hydrogen-bond donors (Lipinski definition) is 1. The third-order valence-corrected chi connectivity index (χ3v) is 8.19. The molecule has 3 aliphatic rings. The molecule has 36 heavy (non-hydrogen) atoms. The molecular weight excluding hydrogens is 456 g/mol.